The molecule has 128 valence electrons. The average Bonchev–Trinajstić information content (AvgIpc) is 3.06. The summed E-state index contributed by atoms with van der Waals surface area (Å²) in [6.07, 6.45) is 0. The van der Waals surface area contributed by atoms with Crippen molar-refractivity contribution in [3.8, 4) is 11.4 Å². The van der Waals surface area contributed by atoms with E-state index >= 15 is 0 Å². The zero-order chi connectivity index (χ0) is 18.1. The second-order valence-corrected chi connectivity index (χ2v) is 6.44. The number of benzene rings is 2. The highest BCUT2D eigenvalue weighted by molar-refractivity contribution is 9.10. The molecule has 0 unspecified atom stereocenters. The molecule has 26 heavy (non-hydrogen) atoms. The number of anilines is 1. The van der Waals surface area contributed by atoms with Gasteiger partial charge in [0.2, 0.25) is 5.78 Å². The van der Waals surface area contributed by atoms with Crippen molar-refractivity contribution in [3.63, 3.8) is 0 Å². The summed E-state index contributed by atoms with van der Waals surface area (Å²) in [6.45, 7) is 0. The maximum absolute atomic E-state index is 12.5. The second kappa shape index (κ2) is 6.57. The lowest BCUT2D eigenvalue weighted by molar-refractivity contribution is 0.102. The summed E-state index contributed by atoms with van der Waals surface area (Å²) >= 11 is 3.33. The van der Waals surface area contributed by atoms with Crippen LogP contribution in [0, 0.1) is 0 Å². The Morgan fingerprint density at radius 1 is 1.08 bits per heavy atom. The molecule has 0 aliphatic heterocycles. The van der Waals surface area contributed by atoms with Gasteiger partial charge in [-0.15, -0.1) is 5.10 Å². The van der Waals surface area contributed by atoms with Crippen molar-refractivity contribution in [2.24, 2.45) is 0 Å². The summed E-state index contributed by atoms with van der Waals surface area (Å²) in [5.41, 5.74) is 0.881. The Bertz CT molecular complexity index is 1170. The molecule has 0 radical (unpaired) electrons. The van der Waals surface area contributed by atoms with Gasteiger partial charge in [-0.05, 0) is 18.2 Å². The molecule has 2 N–H and O–H groups in total. The summed E-state index contributed by atoms with van der Waals surface area (Å²) in [5.74, 6) is 0.588. The quantitative estimate of drug-likeness (QED) is 0.543. The van der Waals surface area contributed by atoms with Gasteiger partial charge in [-0.2, -0.15) is 9.50 Å². The van der Waals surface area contributed by atoms with Gasteiger partial charge in [-0.3, -0.25) is 14.6 Å². The van der Waals surface area contributed by atoms with E-state index in [0.29, 0.717) is 11.4 Å². The van der Waals surface area contributed by atoms with Crippen molar-refractivity contribution in [2.45, 2.75) is 0 Å². The lowest BCUT2D eigenvalue weighted by Crippen LogP contribution is -2.18. The van der Waals surface area contributed by atoms with Gasteiger partial charge in [0, 0.05) is 21.7 Å². The van der Waals surface area contributed by atoms with Crippen LogP contribution in [-0.4, -0.2) is 25.5 Å². The van der Waals surface area contributed by atoms with E-state index in [-0.39, 0.29) is 23.1 Å². The van der Waals surface area contributed by atoms with E-state index in [4.69, 9.17) is 0 Å². The van der Waals surface area contributed by atoms with Crippen LogP contribution >= 0.6 is 15.9 Å². The number of hydrogen-bond donors (Lipinski definition) is 2. The first kappa shape index (κ1) is 16.2. The predicted octanol–water partition coefficient (Wildman–Crippen LogP) is 3.10. The number of amides is 1. The SMILES string of the molecule is O=C(Nc1cc(=O)[nH]c2nc(-c3ccccc3)nn12)c1cccc(Br)c1. The highest BCUT2D eigenvalue weighted by Crippen LogP contribution is 2.17. The Balaban J connectivity index is 1.76. The summed E-state index contributed by atoms with van der Waals surface area (Å²) in [5, 5.41) is 7.11. The number of halogens is 1. The monoisotopic (exact) mass is 409 g/mol. The second-order valence-electron chi connectivity index (χ2n) is 5.52. The van der Waals surface area contributed by atoms with Crippen LogP contribution in [0.5, 0.6) is 0 Å². The first-order valence-electron chi connectivity index (χ1n) is 7.72. The van der Waals surface area contributed by atoms with Gasteiger partial charge in [-0.25, -0.2) is 0 Å². The summed E-state index contributed by atoms with van der Waals surface area (Å²) in [4.78, 5) is 31.4. The van der Waals surface area contributed by atoms with Crippen LogP contribution in [0.1, 0.15) is 10.4 Å². The molecule has 8 heteroatoms. The number of hydrogen-bond acceptors (Lipinski definition) is 4. The van der Waals surface area contributed by atoms with Crippen molar-refractivity contribution in [1.82, 2.24) is 19.6 Å². The summed E-state index contributed by atoms with van der Waals surface area (Å²) in [7, 11) is 0. The molecule has 1 amide bonds. The van der Waals surface area contributed by atoms with Gasteiger partial charge in [0.25, 0.3) is 11.5 Å². The fourth-order valence-corrected chi connectivity index (χ4v) is 2.91. The maximum atomic E-state index is 12.5. The number of fused-ring (bicyclic) bond motifs is 1. The molecule has 2 aromatic heterocycles. The molecular formula is C18H12BrN5O2. The molecule has 0 aliphatic carbocycles. The lowest BCUT2D eigenvalue weighted by Gasteiger charge is -2.06. The summed E-state index contributed by atoms with van der Waals surface area (Å²) in [6, 6.07) is 17.6. The number of carbonyl (C=O) groups excluding carboxylic acids is 1. The molecule has 0 spiro atoms. The Morgan fingerprint density at radius 3 is 2.65 bits per heavy atom. The standard InChI is InChI=1S/C18H12BrN5O2/c19-13-8-4-7-12(9-13)17(26)20-14-10-15(25)21-18-22-16(23-24(14)18)11-5-2-1-3-6-11/h1-10H,(H,20,26)(H,21,22,23,25). The van der Waals surface area contributed by atoms with Crippen LogP contribution in [0.4, 0.5) is 5.82 Å². The molecule has 0 aliphatic rings. The van der Waals surface area contributed by atoms with Gasteiger partial charge in [0.05, 0.1) is 0 Å². The molecule has 2 heterocycles. The first-order valence-corrected chi connectivity index (χ1v) is 8.52. The number of aromatic nitrogens is 4. The van der Waals surface area contributed by atoms with Crippen LogP contribution < -0.4 is 10.9 Å². The Hall–Kier alpha value is -3.26. The molecule has 0 atom stereocenters. The minimum Gasteiger partial charge on any atom is -0.306 e. The van der Waals surface area contributed by atoms with Crippen molar-refractivity contribution in [3.05, 3.63) is 81.1 Å². The molecule has 0 bridgehead atoms. The number of aromatic amines is 1. The van der Waals surface area contributed by atoms with Gasteiger partial charge >= 0.3 is 0 Å². The number of nitrogens with zero attached hydrogens (tertiary/aromatic N) is 3. The average molecular weight is 410 g/mol. The summed E-state index contributed by atoms with van der Waals surface area (Å²) < 4.78 is 2.19. The van der Waals surface area contributed by atoms with Crippen molar-refractivity contribution >= 4 is 33.4 Å². The van der Waals surface area contributed by atoms with Gasteiger partial charge < -0.3 is 5.32 Å². The van der Waals surface area contributed by atoms with Crippen LogP contribution in [-0.2, 0) is 0 Å². The third-order valence-corrected chi connectivity index (χ3v) is 4.19. The lowest BCUT2D eigenvalue weighted by atomic mass is 10.2. The molecule has 0 fully saturated rings. The van der Waals surface area contributed by atoms with Crippen molar-refractivity contribution in [2.75, 3.05) is 5.32 Å². The maximum Gasteiger partial charge on any atom is 0.256 e. The highest BCUT2D eigenvalue weighted by Gasteiger charge is 2.14. The normalized spacial score (nSPS) is 10.8. The zero-order valence-corrected chi connectivity index (χ0v) is 14.9. The van der Waals surface area contributed by atoms with Crippen LogP contribution in [0.2, 0.25) is 0 Å². The topological polar surface area (TPSA) is 92.1 Å². The molecule has 0 saturated heterocycles. The molecule has 4 aromatic rings. The van der Waals surface area contributed by atoms with E-state index < -0.39 is 0 Å². The Kier molecular flexibility index (Phi) is 4.10. The van der Waals surface area contributed by atoms with E-state index in [1.54, 1.807) is 18.2 Å². The molecule has 7 nitrogen and oxygen atoms in total. The van der Waals surface area contributed by atoms with E-state index in [9.17, 15) is 9.59 Å². The third kappa shape index (κ3) is 3.14. The Morgan fingerprint density at radius 2 is 1.88 bits per heavy atom. The fourth-order valence-electron chi connectivity index (χ4n) is 2.51. The molecule has 4 rings (SSSR count). The van der Waals surface area contributed by atoms with Gasteiger partial charge in [0.1, 0.15) is 5.82 Å². The van der Waals surface area contributed by atoms with Crippen LogP contribution in [0.25, 0.3) is 17.2 Å². The third-order valence-electron chi connectivity index (χ3n) is 3.70. The van der Waals surface area contributed by atoms with E-state index in [2.05, 4.69) is 36.3 Å². The minimum absolute atomic E-state index is 0.239. The number of carbonyl (C=O) groups is 1. The highest BCUT2D eigenvalue weighted by atomic mass is 79.9. The number of H-pyrrole nitrogens is 1. The van der Waals surface area contributed by atoms with Gasteiger partial charge in [0.15, 0.2) is 5.82 Å². The first-order chi connectivity index (χ1) is 12.6. The largest absolute Gasteiger partial charge is 0.306 e. The minimum atomic E-state index is -0.381. The smallest absolute Gasteiger partial charge is 0.256 e. The number of nitrogens with one attached hydrogen (secondary N) is 2. The Labute approximate surface area is 155 Å². The fraction of sp³-hybridized carbons (Fsp3) is 0. The predicted molar refractivity (Wildman–Crippen MR) is 101 cm³/mol. The van der Waals surface area contributed by atoms with Crippen molar-refractivity contribution < 1.29 is 4.79 Å². The van der Waals surface area contributed by atoms with Gasteiger partial charge in [-0.1, -0.05) is 52.3 Å². The van der Waals surface area contributed by atoms with Crippen LogP contribution in [0.3, 0.4) is 0 Å². The van der Waals surface area contributed by atoms with Crippen LogP contribution in [0.15, 0.2) is 69.9 Å². The van der Waals surface area contributed by atoms with E-state index in [0.717, 1.165) is 10.0 Å². The number of rotatable bonds is 3. The van der Waals surface area contributed by atoms with E-state index in [1.807, 2.05) is 36.4 Å². The molecule has 0 saturated carbocycles. The molecular weight excluding hydrogens is 398 g/mol. The van der Waals surface area contributed by atoms with E-state index in [1.165, 1.54) is 10.6 Å². The molecule has 2 aromatic carbocycles. The van der Waals surface area contributed by atoms with Crippen molar-refractivity contribution in [1.29, 1.82) is 0 Å². The zero-order valence-electron chi connectivity index (χ0n) is 13.3.